The summed E-state index contributed by atoms with van der Waals surface area (Å²) in [5.41, 5.74) is 0.155. The van der Waals surface area contributed by atoms with Crippen LogP contribution >= 0.6 is 35.4 Å². The number of urea groups is 1. The van der Waals surface area contributed by atoms with Gasteiger partial charge in [-0.2, -0.15) is 5.01 Å². The molecule has 4 aromatic rings. The van der Waals surface area contributed by atoms with Crippen molar-refractivity contribution in [2.75, 3.05) is 5.32 Å². The van der Waals surface area contributed by atoms with Gasteiger partial charge >= 0.3 is 6.03 Å². The van der Waals surface area contributed by atoms with Crippen LogP contribution in [0.2, 0.25) is 10.0 Å². The molecule has 2 amide bonds. The first kappa shape index (κ1) is 25.3. The first-order valence-corrected chi connectivity index (χ1v) is 12.1. The Morgan fingerprint density at radius 1 is 1.00 bits per heavy atom. The molecule has 11 nitrogen and oxygen atoms in total. The van der Waals surface area contributed by atoms with Crippen LogP contribution in [0.1, 0.15) is 17.2 Å². The number of carbonyl (C=O) groups excluding carboxylic acids is 1. The Bertz CT molecular complexity index is 1740. The quantitative estimate of drug-likeness (QED) is 0.119. The Kier molecular flexibility index (Phi) is 6.76. The van der Waals surface area contributed by atoms with Crippen molar-refractivity contribution in [3.8, 4) is 5.69 Å². The van der Waals surface area contributed by atoms with E-state index in [9.17, 15) is 19.7 Å². The van der Waals surface area contributed by atoms with Gasteiger partial charge in [0.1, 0.15) is 11.9 Å². The predicted octanol–water partition coefficient (Wildman–Crippen LogP) is 6.75. The van der Waals surface area contributed by atoms with E-state index in [0.717, 1.165) is 9.58 Å². The van der Waals surface area contributed by atoms with Gasteiger partial charge in [-0.3, -0.25) is 24.8 Å². The molecule has 14 heteroatoms. The molecule has 2 N–H and O–H groups in total. The lowest BCUT2D eigenvalue weighted by Gasteiger charge is -2.33. The van der Waals surface area contributed by atoms with E-state index in [0.29, 0.717) is 16.3 Å². The third kappa shape index (κ3) is 4.67. The maximum absolute atomic E-state index is 14.0. The molecule has 0 saturated heterocycles. The zero-order valence-corrected chi connectivity index (χ0v) is 21.4. The van der Waals surface area contributed by atoms with Gasteiger partial charge in [0.05, 0.1) is 21.9 Å². The number of fused-ring (bicyclic) bond motifs is 1. The average molecular weight is 568 g/mol. The van der Waals surface area contributed by atoms with Crippen LogP contribution in [0.4, 0.5) is 22.0 Å². The minimum Gasteiger partial charge on any atom is -0.318 e. The Hall–Kier alpha value is -4.39. The largest absolute Gasteiger partial charge is 0.345 e. The number of carbonyl (C=O) groups is 1. The molecule has 0 radical (unpaired) electrons. The molecular formula is C24H15Cl2N7O4S. The number of rotatable bonds is 5. The van der Waals surface area contributed by atoms with E-state index in [1.54, 1.807) is 48.5 Å². The second-order valence-corrected chi connectivity index (χ2v) is 9.23. The third-order valence-corrected chi connectivity index (χ3v) is 6.56. The number of amides is 2. The number of nitrogens with one attached hydrogen (secondary N) is 2. The van der Waals surface area contributed by atoms with Gasteiger partial charge in [-0.25, -0.2) is 4.79 Å². The minimum absolute atomic E-state index is 0.0489. The summed E-state index contributed by atoms with van der Waals surface area (Å²) >= 11 is 17.8. The number of benzene rings is 3. The maximum atomic E-state index is 14.0. The molecule has 5 rings (SSSR count). The van der Waals surface area contributed by atoms with E-state index in [1.807, 2.05) is 0 Å². The number of anilines is 1. The number of H-pyrrole nitrogens is 1. The van der Waals surface area contributed by atoms with Crippen molar-refractivity contribution in [2.24, 2.45) is 10.3 Å². The molecule has 1 aliphatic heterocycles. The highest BCUT2D eigenvalue weighted by molar-refractivity contribution is 7.71. The average Bonchev–Trinajstić information content (AvgIpc) is 2.89. The number of hydrogen-bond donors (Lipinski definition) is 2. The Morgan fingerprint density at radius 3 is 2.45 bits per heavy atom. The van der Waals surface area contributed by atoms with E-state index in [4.69, 9.17) is 35.4 Å². The summed E-state index contributed by atoms with van der Waals surface area (Å²) in [7, 11) is 0. The number of halogens is 2. The van der Waals surface area contributed by atoms with Crippen LogP contribution in [0.3, 0.4) is 0 Å². The summed E-state index contributed by atoms with van der Waals surface area (Å²) in [4.78, 5) is 40.8. The van der Waals surface area contributed by atoms with Crippen LogP contribution in [-0.4, -0.2) is 25.5 Å². The lowest BCUT2D eigenvalue weighted by Crippen LogP contribution is -2.44. The second-order valence-electron chi connectivity index (χ2n) is 8.00. The molecule has 0 saturated carbocycles. The van der Waals surface area contributed by atoms with Gasteiger partial charge in [-0.15, -0.1) is 5.11 Å². The number of non-ortho nitro benzene ring substituents is 1. The summed E-state index contributed by atoms with van der Waals surface area (Å²) in [6, 6.07) is 16.8. The maximum Gasteiger partial charge on any atom is 0.345 e. The first-order valence-electron chi connectivity index (χ1n) is 10.9. The Balaban J connectivity index is 1.73. The van der Waals surface area contributed by atoms with Crippen LogP contribution in [0, 0.1) is 14.9 Å². The van der Waals surface area contributed by atoms with Crippen LogP contribution in [-0.2, 0) is 0 Å². The lowest BCUT2D eigenvalue weighted by molar-refractivity contribution is -0.384. The van der Waals surface area contributed by atoms with E-state index in [1.165, 1.54) is 24.3 Å². The SMILES string of the molecule is O=C1Nc2[nH]c(=S)n(-c3cccc([N+](=O)[O-])c3)c(=O)c2C(c2ccccc2Cl)N1N=Nc1ccc(Cl)cc1. The standard InChI is InChI=1S/C24H15Cl2N7O4S/c25-13-8-10-14(11-9-13)29-30-32-20(17-6-1-2-7-18(17)26)19-21(27-23(32)35)28-24(38)31(22(19)34)15-4-3-5-16(12-15)33(36)37/h1-12,20H,(H,27,35)(H,28,38). The van der Waals surface area contributed by atoms with Crippen LogP contribution in [0.15, 0.2) is 87.9 Å². The van der Waals surface area contributed by atoms with Gasteiger partial charge in [-0.05, 0) is 48.6 Å². The van der Waals surface area contributed by atoms with Gasteiger partial charge in [0, 0.05) is 27.7 Å². The fourth-order valence-electron chi connectivity index (χ4n) is 3.97. The van der Waals surface area contributed by atoms with Crippen molar-refractivity contribution in [1.29, 1.82) is 0 Å². The first-order chi connectivity index (χ1) is 18.2. The topological polar surface area (TPSA) is 138 Å². The predicted molar refractivity (Wildman–Crippen MR) is 144 cm³/mol. The monoisotopic (exact) mass is 567 g/mol. The fraction of sp³-hybridized carbons (Fsp3) is 0.0417. The van der Waals surface area contributed by atoms with E-state index in [2.05, 4.69) is 20.6 Å². The molecule has 0 bridgehead atoms. The normalized spacial score (nSPS) is 14.8. The smallest absolute Gasteiger partial charge is 0.318 e. The lowest BCUT2D eigenvalue weighted by atomic mass is 9.98. The summed E-state index contributed by atoms with van der Waals surface area (Å²) in [5, 5.41) is 24.0. The van der Waals surface area contributed by atoms with E-state index in [-0.39, 0.29) is 32.5 Å². The van der Waals surface area contributed by atoms with Crippen molar-refractivity contribution in [2.45, 2.75) is 6.04 Å². The van der Waals surface area contributed by atoms with Crippen molar-refractivity contribution in [3.63, 3.8) is 0 Å². The molecule has 1 aliphatic rings. The summed E-state index contributed by atoms with van der Waals surface area (Å²) < 4.78 is 1.03. The number of nitro benzene ring substituents is 1. The number of nitrogens with zero attached hydrogens (tertiary/aromatic N) is 5. The molecule has 0 aliphatic carbocycles. The third-order valence-electron chi connectivity index (χ3n) is 5.68. The summed E-state index contributed by atoms with van der Waals surface area (Å²) in [5.74, 6) is 0.0505. The van der Waals surface area contributed by atoms with E-state index < -0.39 is 22.6 Å². The molecule has 0 fully saturated rings. The van der Waals surface area contributed by atoms with Crippen LogP contribution in [0.25, 0.3) is 5.69 Å². The van der Waals surface area contributed by atoms with Gasteiger partial charge in [-0.1, -0.05) is 52.7 Å². The molecule has 0 spiro atoms. The molecule has 1 atom stereocenters. The van der Waals surface area contributed by atoms with Crippen molar-refractivity contribution < 1.29 is 9.72 Å². The molecule has 2 heterocycles. The summed E-state index contributed by atoms with van der Waals surface area (Å²) in [6.45, 7) is 0. The number of aromatic nitrogens is 2. The summed E-state index contributed by atoms with van der Waals surface area (Å²) in [6.07, 6.45) is 0. The highest BCUT2D eigenvalue weighted by atomic mass is 35.5. The van der Waals surface area contributed by atoms with Crippen LogP contribution < -0.4 is 10.9 Å². The molecular weight excluding hydrogens is 553 g/mol. The molecule has 1 aromatic heterocycles. The van der Waals surface area contributed by atoms with E-state index >= 15 is 0 Å². The molecule has 3 aromatic carbocycles. The van der Waals surface area contributed by atoms with Gasteiger partial charge in [0.15, 0.2) is 4.77 Å². The van der Waals surface area contributed by atoms with Crippen molar-refractivity contribution in [1.82, 2.24) is 14.6 Å². The highest BCUT2D eigenvalue weighted by Gasteiger charge is 2.39. The molecule has 190 valence electrons. The van der Waals surface area contributed by atoms with Gasteiger partial charge < -0.3 is 4.98 Å². The fourth-order valence-corrected chi connectivity index (χ4v) is 4.63. The zero-order valence-electron chi connectivity index (χ0n) is 19.0. The van der Waals surface area contributed by atoms with Crippen molar-refractivity contribution >= 4 is 58.6 Å². The molecule has 38 heavy (non-hydrogen) atoms. The highest BCUT2D eigenvalue weighted by Crippen LogP contribution is 2.38. The van der Waals surface area contributed by atoms with Crippen molar-refractivity contribution in [3.05, 3.63) is 119 Å². The minimum atomic E-state index is -1.12. The number of nitro groups is 1. The molecule has 1 unspecified atom stereocenters. The zero-order chi connectivity index (χ0) is 27.0. The number of aromatic amines is 1. The van der Waals surface area contributed by atoms with Gasteiger partial charge in [0.2, 0.25) is 0 Å². The Labute approximate surface area is 229 Å². The Morgan fingerprint density at radius 2 is 1.74 bits per heavy atom. The van der Waals surface area contributed by atoms with Gasteiger partial charge in [0.25, 0.3) is 11.2 Å². The second kappa shape index (κ2) is 10.2. The van der Waals surface area contributed by atoms with Crippen LogP contribution in [0.5, 0.6) is 0 Å². The number of hydrogen-bond acceptors (Lipinski definition) is 7.